The van der Waals surface area contributed by atoms with Crippen LogP contribution in [0.1, 0.15) is 41.5 Å². The van der Waals surface area contributed by atoms with Gasteiger partial charge in [-0.25, -0.2) is 0 Å². The molecule has 0 atom stereocenters. The number of aryl methyl sites for hydroxylation is 3. The van der Waals surface area contributed by atoms with Crippen molar-refractivity contribution in [1.29, 1.82) is 0 Å². The van der Waals surface area contributed by atoms with Crippen LogP contribution in [-0.2, 0) is 35.3 Å². The fourth-order valence-corrected chi connectivity index (χ4v) is 5.01. The second kappa shape index (κ2) is 9.19. The molecule has 32 heavy (non-hydrogen) atoms. The zero-order chi connectivity index (χ0) is 21.9. The number of carbonyl (C=O) groups is 2. The first-order valence-corrected chi connectivity index (χ1v) is 11.8. The predicted molar refractivity (Wildman–Crippen MR) is 124 cm³/mol. The molecule has 1 aliphatic heterocycles. The Morgan fingerprint density at radius 1 is 0.875 bits per heavy atom. The van der Waals surface area contributed by atoms with E-state index >= 15 is 0 Å². The minimum atomic E-state index is 0.115. The van der Waals surface area contributed by atoms with Crippen molar-refractivity contribution in [2.75, 3.05) is 26.2 Å². The van der Waals surface area contributed by atoms with E-state index in [4.69, 9.17) is 4.42 Å². The monoisotopic (exact) mass is 430 g/mol. The van der Waals surface area contributed by atoms with Gasteiger partial charge in [-0.3, -0.25) is 9.59 Å². The molecule has 5 rings (SSSR count). The molecule has 0 radical (unpaired) electrons. The van der Waals surface area contributed by atoms with Gasteiger partial charge in [0.2, 0.25) is 11.8 Å². The van der Waals surface area contributed by atoms with Crippen molar-refractivity contribution in [3.8, 4) is 0 Å². The molecule has 0 unspecified atom stereocenters. The van der Waals surface area contributed by atoms with E-state index in [2.05, 4.69) is 24.3 Å². The Balaban J connectivity index is 1.11. The summed E-state index contributed by atoms with van der Waals surface area (Å²) in [6, 6.07) is 14.6. The highest BCUT2D eigenvalue weighted by Crippen LogP contribution is 2.30. The number of hydrogen-bond donors (Lipinski definition) is 0. The molecular formula is C27H30N2O3. The van der Waals surface area contributed by atoms with Crippen LogP contribution >= 0.6 is 0 Å². The molecule has 1 saturated heterocycles. The Bertz CT molecular complexity index is 1110. The quantitative estimate of drug-likeness (QED) is 0.590. The lowest BCUT2D eigenvalue weighted by Crippen LogP contribution is -2.50. The largest absolute Gasteiger partial charge is 0.464 e. The molecule has 2 aliphatic rings. The van der Waals surface area contributed by atoms with Crippen LogP contribution in [0.25, 0.3) is 11.0 Å². The third-order valence-electron chi connectivity index (χ3n) is 6.89. The first kappa shape index (κ1) is 20.8. The van der Waals surface area contributed by atoms with Crippen LogP contribution in [0.3, 0.4) is 0 Å². The van der Waals surface area contributed by atoms with Crippen LogP contribution in [-0.4, -0.2) is 47.8 Å². The summed E-state index contributed by atoms with van der Waals surface area (Å²) in [5, 5.41) is 1.08. The predicted octanol–water partition coefficient (Wildman–Crippen LogP) is 4.16. The molecule has 0 saturated carbocycles. The van der Waals surface area contributed by atoms with Crippen molar-refractivity contribution in [1.82, 2.24) is 9.80 Å². The van der Waals surface area contributed by atoms with Gasteiger partial charge in [-0.15, -0.1) is 0 Å². The number of furan rings is 1. The Morgan fingerprint density at radius 2 is 1.56 bits per heavy atom. The van der Waals surface area contributed by atoms with Crippen molar-refractivity contribution < 1.29 is 14.0 Å². The van der Waals surface area contributed by atoms with Gasteiger partial charge in [0.25, 0.3) is 0 Å². The summed E-state index contributed by atoms with van der Waals surface area (Å²) >= 11 is 0. The highest BCUT2D eigenvalue weighted by molar-refractivity contribution is 5.89. The SMILES string of the molecule is O=C(CCCc1ccccc1)N1CCN(C(=O)Cc2coc3cc4c(cc23)CCC4)CC1. The molecule has 2 heterocycles. The molecule has 1 fully saturated rings. The molecule has 0 N–H and O–H groups in total. The smallest absolute Gasteiger partial charge is 0.227 e. The molecular weight excluding hydrogens is 400 g/mol. The van der Waals surface area contributed by atoms with Gasteiger partial charge in [0, 0.05) is 43.5 Å². The van der Waals surface area contributed by atoms with Crippen LogP contribution in [0.4, 0.5) is 0 Å². The fraction of sp³-hybridized carbons (Fsp3) is 0.407. The van der Waals surface area contributed by atoms with E-state index in [9.17, 15) is 9.59 Å². The summed E-state index contributed by atoms with van der Waals surface area (Å²) < 4.78 is 5.76. The number of hydrogen-bond acceptors (Lipinski definition) is 3. The molecule has 5 heteroatoms. The summed E-state index contributed by atoms with van der Waals surface area (Å²) in [7, 11) is 0. The lowest BCUT2D eigenvalue weighted by Gasteiger charge is -2.35. The zero-order valence-electron chi connectivity index (χ0n) is 18.5. The Morgan fingerprint density at radius 3 is 2.31 bits per heavy atom. The Hall–Kier alpha value is -3.08. The number of piperazine rings is 1. The van der Waals surface area contributed by atoms with Gasteiger partial charge >= 0.3 is 0 Å². The van der Waals surface area contributed by atoms with Crippen LogP contribution < -0.4 is 0 Å². The number of amides is 2. The average molecular weight is 431 g/mol. The number of fused-ring (bicyclic) bond motifs is 2. The molecule has 1 aromatic heterocycles. The fourth-order valence-electron chi connectivity index (χ4n) is 5.01. The topological polar surface area (TPSA) is 53.8 Å². The second-order valence-corrected chi connectivity index (χ2v) is 9.01. The van der Waals surface area contributed by atoms with Gasteiger partial charge in [-0.1, -0.05) is 30.3 Å². The van der Waals surface area contributed by atoms with Gasteiger partial charge in [0.05, 0.1) is 12.7 Å². The van der Waals surface area contributed by atoms with Gasteiger partial charge in [-0.05, 0) is 60.9 Å². The van der Waals surface area contributed by atoms with Gasteiger partial charge in [0.1, 0.15) is 5.58 Å². The molecule has 0 spiro atoms. The Labute approximate surface area is 189 Å². The first-order chi connectivity index (χ1) is 15.7. The molecule has 5 nitrogen and oxygen atoms in total. The third-order valence-corrected chi connectivity index (χ3v) is 6.89. The maximum Gasteiger partial charge on any atom is 0.227 e. The highest BCUT2D eigenvalue weighted by Gasteiger charge is 2.25. The van der Waals surface area contributed by atoms with Gasteiger partial charge in [0.15, 0.2) is 0 Å². The standard InChI is InChI=1S/C27H30N2O3/c30-26(11-4-8-20-6-2-1-3-7-20)28-12-14-29(15-13-28)27(31)18-23-19-32-25-17-22-10-5-9-21(22)16-24(23)25/h1-3,6-7,16-17,19H,4-5,8-15,18H2. The van der Waals surface area contributed by atoms with Gasteiger partial charge in [-0.2, -0.15) is 0 Å². The number of rotatable bonds is 6. The highest BCUT2D eigenvalue weighted by atomic mass is 16.3. The van der Waals surface area contributed by atoms with E-state index in [0.717, 1.165) is 42.2 Å². The maximum atomic E-state index is 12.9. The van der Waals surface area contributed by atoms with E-state index in [1.54, 1.807) is 6.26 Å². The third kappa shape index (κ3) is 4.43. The molecule has 0 bridgehead atoms. The molecule has 166 valence electrons. The number of carbonyl (C=O) groups excluding carboxylic acids is 2. The molecule has 3 aromatic rings. The van der Waals surface area contributed by atoms with Gasteiger partial charge < -0.3 is 14.2 Å². The van der Waals surface area contributed by atoms with Crippen LogP contribution in [0.15, 0.2) is 53.1 Å². The van der Waals surface area contributed by atoms with Crippen molar-refractivity contribution in [3.63, 3.8) is 0 Å². The van der Waals surface area contributed by atoms with E-state index in [0.29, 0.717) is 39.0 Å². The minimum absolute atomic E-state index is 0.115. The lowest BCUT2D eigenvalue weighted by molar-refractivity contribution is -0.139. The summed E-state index contributed by atoms with van der Waals surface area (Å²) in [5.41, 5.74) is 5.91. The van der Waals surface area contributed by atoms with E-state index in [1.807, 2.05) is 28.0 Å². The second-order valence-electron chi connectivity index (χ2n) is 9.01. The van der Waals surface area contributed by atoms with Crippen LogP contribution in [0.2, 0.25) is 0 Å². The van der Waals surface area contributed by atoms with E-state index in [-0.39, 0.29) is 11.8 Å². The first-order valence-electron chi connectivity index (χ1n) is 11.8. The van der Waals surface area contributed by atoms with Crippen molar-refractivity contribution in [3.05, 3.63) is 71.0 Å². The average Bonchev–Trinajstić information content (AvgIpc) is 3.44. The lowest BCUT2D eigenvalue weighted by atomic mass is 10.0. The summed E-state index contributed by atoms with van der Waals surface area (Å²) in [4.78, 5) is 29.3. The van der Waals surface area contributed by atoms with Crippen LogP contribution in [0.5, 0.6) is 0 Å². The molecule has 2 aromatic carbocycles. The number of benzene rings is 2. The zero-order valence-corrected chi connectivity index (χ0v) is 18.5. The summed E-state index contributed by atoms with van der Waals surface area (Å²) in [5.74, 6) is 0.312. The normalized spacial score (nSPS) is 15.9. The van der Waals surface area contributed by atoms with Crippen molar-refractivity contribution >= 4 is 22.8 Å². The maximum absolute atomic E-state index is 12.9. The summed E-state index contributed by atoms with van der Waals surface area (Å²) in [6.45, 7) is 2.45. The minimum Gasteiger partial charge on any atom is -0.464 e. The molecule has 1 aliphatic carbocycles. The van der Waals surface area contributed by atoms with Crippen LogP contribution in [0, 0.1) is 0 Å². The Kier molecular flexibility index (Phi) is 5.97. The van der Waals surface area contributed by atoms with E-state index < -0.39 is 0 Å². The number of nitrogens with zero attached hydrogens (tertiary/aromatic N) is 2. The molecule has 2 amide bonds. The summed E-state index contributed by atoms with van der Waals surface area (Å²) in [6.07, 6.45) is 7.88. The van der Waals surface area contributed by atoms with Crippen molar-refractivity contribution in [2.45, 2.75) is 44.9 Å². The van der Waals surface area contributed by atoms with Crippen molar-refractivity contribution in [2.24, 2.45) is 0 Å². The van der Waals surface area contributed by atoms with E-state index in [1.165, 1.54) is 23.1 Å².